The zero-order valence-corrected chi connectivity index (χ0v) is 12.8. The van der Waals surface area contributed by atoms with Gasteiger partial charge in [0.1, 0.15) is 0 Å². The Kier molecular flexibility index (Phi) is 5.51. The molecule has 1 aromatic carbocycles. The molecule has 0 radical (unpaired) electrons. The van der Waals surface area contributed by atoms with Crippen LogP contribution in [-0.2, 0) is 6.54 Å². The van der Waals surface area contributed by atoms with Crippen LogP contribution in [0.1, 0.15) is 24.2 Å². The third kappa shape index (κ3) is 4.41. The fraction of sp³-hybridized carbons (Fsp3) is 0.333. The average molecular weight is 325 g/mol. The Morgan fingerprint density at radius 1 is 1.35 bits per heavy atom. The van der Waals surface area contributed by atoms with E-state index in [1.807, 2.05) is 6.92 Å². The van der Waals surface area contributed by atoms with Crippen LogP contribution < -0.4 is 14.8 Å². The van der Waals surface area contributed by atoms with Crippen LogP contribution in [0.5, 0.6) is 11.5 Å². The molecule has 0 fully saturated rings. The lowest BCUT2D eigenvalue weighted by Gasteiger charge is -2.13. The number of halogens is 2. The van der Waals surface area contributed by atoms with Gasteiger partial charge in [-0.1, -0.05) is 0 Å². The van der Waals surface area contributed by atoms with Gasteiger partial charge in [0, 0.05) is 24.5 Å². The largest absolute Gasteiger partial charge is 0.490 e. The first kappa shape index (κ1) is 16.7. The number of benzene rings is 1. The van der Waals surface area contributed by atoms with Crippen LogP contribution >= 0.6 is 0 Å². The molecule has 0 saturated carbocycles. The van der Waals surface area contributed by atoms with Gasteiger partial charge in [-0.2, -0.15) is 13.9 Å². The Morgan fingerprint density at radius 2 is 2.13 bits per heavy atom. The smallest absolute Gasteiger partial charge is 0.387 e. The minimum absolute atomic E-state index is 0.0846. The Hall–Kier alpha value is -2.64. The SMILES string of the molecule is CCOc1cc(NC(=O)c2cnn(CC)c2)ccc1OC(F)F. The summed E-state index contributed by atoms with van der Waals surface area (Å²) in [5, 5.41) is 6.68. The van der Waals surface area contributed by atoms with Crippen LogP contribution in [0.3, 0.4) is 0 Å². The molecule has 8 heteroatoms. The molecule has 2 aromatic rings. The van der Waals surface area contributed by atoms with E-state index >= 15 is 0 Å². The molecule has 0 atom stereocenters. The van der Waals surface area contributed by atoms with E-state index in [0.717, 1.165) is 0 Å². The highest BCUT2D eigenvalue weighted by Crippen LogP contribution is 2.31. The molecular weight excluding hydrogens is 308 g/mol. The minimum Gasteiger partial charge on any atom is -0.490 e. The van der Waals surface area contributed by atoms with E-state index in [0.29, 0.717) is 17.8 Å². The molecular formula is C15H17F2N3O3. The van der Waals surface area contributed by atoms with Gasteiger partial charge in [0.2, 0.25) is 0 Å². The maximum absolute atomic E-state index is 12.4. The Bertz CT molecular complexity index is 674. The monoisotopic (exact) mass is 325 g/mol. The standard InChI is InChI=1S/C15H17F2N3O3/c1-3-20-9-10(8-18-20)14(21)19-11-5-6-12(23-15(16)17)13(7-11)22-4-2/h5-9,15H,3-4H2,1-2H3,(H,19,21). The van der Waals surface area contributed by atoms with Gasteiger partial charge in [-0.25, -0.2) is 0 Å². The molecule has 1 aromatic heterocycles. The van der Waals surface area contributed by atoms with Crippen LogP contribution in [0.4, 0.5) is 14.5 Å². The van der Waals surface area contributed by atoms with Gasteiger partial charge in [-0.05, 0) is 26.0 Å². The molecule has 2 rings (SSSR count). The van der Waals surface area contributed by atoms with Crippen molar-refractivity contribution in [1.82, 2.24) is 9.78 Å². The zero-order valence-electron chi connectivity index (χ0n) is 12.8. The summed E-state index contributed by atoms with van der Waals surface area (Å²) in [6, 6.07) is 4.22. The number of rotatable bonds is 7. The summed E-state index contributed by atoms with van der Waals surface area (Å²) in [6.45, 7) is 1.61. The molecule has 1 heterocycles. The second-order valence-corrected chi connectivity index (χ2v) is 4.51. The lowest BCUT2D eigenvalue weighted by Crippen LogP contribution is -2.12. The second kappa shape index (κ2) is 7.57. The molecule has 0 bridgehead atoms. The van der Waals surface area contributed by atoms with Crippen molar-refractivity contribution in [2.45, 2.75) is 27.0 Å². The second-order valence-electron chi connectivity index (χ2n) is 4.51. The van der Waals surface area contributed by atoms with Crippen molar-refractivity contribution in [1.29, 1.82) is 0 Å². The summed E-state index contributed by atoms with van der Waals surface area (Å²) in [5.74, 6) is -0.303. The molecule has 0 saturated heterocycles. The van der Waals surface area contributed by atoms with Crippen molar-refractivity contribution >= 4 is 11.6 Å². The summed E-state index contributed by atoms with van der Waals surface area (Å²) >= 11 is 0. The summed E-state index contributed by atoms with van der Waals surface area (Å²) in [7, 11) is 0. The number of amides is 1. The molecule has 0 aliphatic heterocycles. The van der Waals surface area contributed by atoms with E-state index in [4.69, 9.17) is 4.74 Å². The molecule has 124 valence electrons. The number of aromatic nitrogens is 2. The van der Waals surface area contributed by atoms with Crippen LogP contribution in [0.2, 0.25) is 0 Å². The number of aryl methyl sites for hydroxylation is 1. The first-order chi connectivity index (χ1) is 11.0. The van der Waals surface area contributed by atoms with Gasteiger partial charge < -0.3 is 14.8 Å². The number of nitrogens with one attached hydrogen (secondary N) is 1. The maximum Gasteiger partial charge on any atom is 0.387 e. The molecule has 23 heavy (non-hydrogen) atoms. The van der Waals surface area contributed by atoms with Crippen molar-refractivity contribution in [2.75, 3.05) is 11.9 Å². The lowest BCUT2D eigenvalue weighted by molar-refractivity contribution is -0.0514. The predicted octanol–water partition coefficient (Wildman–Crippen LogP) is 3.16. The molecule has 1 amide bonds. The number of ether oxygens (including phenoxy) is 2. The topological polar surface area (TPSA) is 65.4 Å². The van der Waals surface area contributed by atoms with E-state index in [2.05, 4.69) is 15.2 Å². The van der Waals surface area contributed by atoms with Gasteiger partial charge in [-0.3, -0.25) is 9.48 Å². The van der Waals surface area contributed by atoms with Gasteiger partial charge in [0.05, 0.1) is 18.4 Å². The Morgan fingerprint density at radius 3 is 2.74 bits per heavy atom. The van der Waals surface area contributed by atoms with Crippen molar-refractivity contribution in [3.8, 4) is 11.5 Å². The summed E-state index contributed by atoms with van der Waals surface area (Å²) < 4.78 is 36.0. The van der Waals surface area contributed by atoms with Gasteiger partial charge >= 0.3 is 6.61 Å². The maximum atomic E-state index is 12.4. The number of carbonyl (C=O) groups excluding carboxylic acids is 1. The Balaban J connectivity index is 2.15. The van der Waals surface area contributed by atoms with Gasteiger partial charge in [0.25, 0.3) is 5.91 Å². The van der Waals surface area contributed by atoms with E-state index in [1.165, 1.54) is 24.4 Å². The van der Waals surface area contributed by atoms with E-state index in [9.17, 15) is 13.6 Å². The average Bonchev–Trinajstić information content (AvgIpc) is 2.99. The van der Waals surface area contributed by atoms with Crippen molar-refractivity contribution in [3.05, 3.63) is 36.2 Å². The summed E-state index contributed by atoms with van der Waals surface area (Å²) in [6.07, 6.45) is 3.07. The molecule has 0 aliphatic carbocycles. The highest BCUT2D eigenvalue weighted by molar-refractivity contribution is 6.04. The fourth-order valence-electron chi connectivity index (χ4n) is 1.90. The Labute approximate surface area is 132 Å². The minimum atomic E-state index is -2.95. The van der Waals surface area contributed by atoms with E-state index < -0.39 is 6.61 Å². The summed E-state index contributed by atoms with van der Waals surface area (Å²) in [5.41, 5.74) is 0.807. The van der Waals surface area contributed by atoms with E-state index in [-0.39, 0.29) is 24.0 Å². The fourth-order valence-corrected chi connectivity index (χ4v) is 1.90. The zero-order chi connectivity index (χ0) is 16.8. The van der Waals surface area contributed by atoms with Crippen molar-refractivity contribution in [3.63, 3.8) is 0 Å². The highest BCUT2D eigenvalue weighted by Gasteiger charge is 2.14. The number of hydrogen-bond donors (Lipinski definition) is 1. The number of anilines is 1. The quantitative estimate of drug-likeness (QED) is 0.849. The first-order valence-corrected chi connectivity index (χ1v) is 7.09. The first-order valence-electron chi connectivity index (χ1n) is 7.09. The van der Waals surface area contributed by atoms with Crippen LogP contribution in [-0.4, -0.2) is 28.9 Å². The number of alkyl halides is 2. The van der Waals surface area contributed by atoms with Crippen LogP contribution in [0.15, 0.2) is 30.6 Å². The van der Waals surface area contributed by atoms with E-state index in [1.54, 1.807) is 17.8 Å². The predicted molar refractivity (Wildman–Crippen MR) is 80.1 cm³/mol. The van der Waals surface area contributed by atoms with Gasteiger partial charge in [0.15, 0.2) is 11.5 Å². The molecule has 0 aliphatic rings. The van der Waals surface area contributed by atoms with Crippen LogP contribution in [0.25, 0.3) is 0 Å². The number of carbonyl (C=O) groups is 1. The molecule has 1 N–H and O–H groups in total. The number of hydrogen-bond acceptors (Lipinski definition) is 4. The van der Waals surface area contributed by atoms with Crippen LogP contribution in [0, 0.1) is 0 Å². The third-order valence-electron chi connectivity index (χ3n) is 2.94. The molecule has 6 nitrogen and oxygen atoms in total. The molecule has 0 spiro atoms. The van der Waals surface area contributed by atoms with Crippen molar-refractivity contribution in [2.24, 2.45) is 0 Å². The molecule has 0 unspecified atom stereocenters. The normalized spacial score (nSPS) is 10.7. The summed E-state index contributed by atoms with van der Waals surface area (Å²) in [4.78, 5) is 12.1. The van der Waals surface area contributed by atoms with Crippen molar-refractivity contribution < 1.29 is 23.0 Å². The van der Waals surface area contributed by atoms with Gasteiger partial charge in [-0.15, -0.1) is 0 Å². The third-order valence-corrected chi connectivity index (χ3v) is 2.94. The number of nitrogens with zero attached hydrogens (tertiary/aromatic N) is 2. The lowest BCUT2D eigenvalue weighted by atomic mass is 10.2. The highest BCUT2D eigenvalue weighted by atomic mass is 19.3.